The Morgan fingerprint density at radius 3 is 2.24 bits per heavy atom. The Balaban J connectivity index is 0.00000405. The van der Waals surface area contributed by atoms with Gasteiger partial charge in [-0.25, -0.2) is 0 Å². The Morgan fingerprint density at radius 2 is 1.57 bits per heavy atom. The van der Waals surface area contributed by atoms with Crippen molar-refractivity contribution in [1.29, 1.82) is 0 Å². The molecular formula is C27H35NO14. The van der Waals surface area contributed by atoms with Crippen molar-refractivity contribution in [3.8, 4) is 23.0 Å². The monoisotopic (exact) mass is 597 g/mol. The highest BCUT2D eigenvalue weighted by Gasteiger charge is 2.51. The zero-order chi connectivity index (χ0) is 29.6. The minimum absolute atomic E-state index is 0. The van der Waals surface area contributed by atoms with E-state index in [9.17, 15) is 45.6 Å². The maximum atomic E-state index is 12.9. The standard InChI is InChI=1S/C27H32O14.H3N/c1-10-20(32)22(34)24(36)26(37-10)41-25-23(35)21(33)18(9-28)40-27(25)38-13-6-14(30)19-15(31)8-16(39-17(19)7-13)11-2-4-12(29)5-3-11;/h2-7,10,16,18,20-30,32-36H,8-9H2,1H3;1H3/t10-,16?,18+,20-,21+,22+,23-,24+,25+,26-,27+;/m0./s1. The SMILES string of the molecule is C[C@@H]1O[C@@H](O[C@H]2[C@H](Oc3cc(O)c4c(c3)OC(c3ccc(O)cc3)CC4=O)O[C@H](CO)[C@@H](O)[C@@H]2O)[C@H](O)[C@H](O)[C@H]1O.N. The molecule has 0 radical (unpaired) electrons. The van der Waals surface area contributed by atoms with E-state index in [0.29, 0.717) is 5.56 Å². The lowest BCUT2D eigenvalue weighted by atomic mass is 9.95. The predicted octanol–water partition coefficient (Wildman–Crippen LogP) is -1.00. The summed E-state index contributed by atoms with van der Waals surface area (Å²) in [5.41, 5.74) is 0.529. The molecule has 3 aliphatic rings. The molecule has 1 unspecified atom stereocenters. The molecule has 3 heterocycles. The molecule has 3 aliphatic heterocycles. The van der Waals surface area contributed by atoms with E-state index >= 15 is 0 Å². The lowest BCUT2D eigenvalue weighted by Gasteiger charge is -2.45. The van der Waals surface area contributed by atoms with Crippen LogP contribution in [0, 0.1) is 0 Å². The first-order chi connectivity index (χ1) is 19.5. The summed E-state index contributed by atoms with van der Waals surface area (Å²) in [7, 11) is 0. The fourth-order valence-electron chi connectivity index (χ4n) is 5.07. The summed E-state index contributed by atoms with van der Waals surface area (Å²) >= 11 is 0. The third-order valence-electron chi connectivity index (χ3n) is 7.42. The van der Waals surface area contributed by atoms with Gasteiger partial charge in [0, 0.05) is 12.1 Å². The van der Waals surface area contributed by atoms with E-state index < -0.39 is 85.7 Å². The Labute approximate surface area is 239 Å². The van der Waals surface area contributed by atoms with Crippen molar-refractivity contribution in [2.45, 2.75) is 80.9 Å². The van der Waals surface area contributed by atoms with Crippen LogP contribution in [0.4, 0.5) is 0 Å². The van der Waals surface area contributed by atoms with Crippen LogP contribution in [0.5, 0.6) is 23.0 Å². The number of aliphatic hydroxyl groups is 6. The summed E-state index contributed by atoms with van der Waals surface area (Å²) in [5, 5.41) is 81.6. The summed E-state index contributed by atoms with van der Waals surface area (Å²) in [6.45, 7) is 0.716. The van der Waals surface area contributed by atoms with E-state index in [1.165, 1.54) is 25.1 Å². The van der Waals surface area contributed by atoms with Crippen LogP contribution in [0.25, 0.3) is 0 Å². The molecule has 0 amide bonds. The van der Waals surface area contributed by atoms with Gasteiger partial charge in [-0.1, -0.05) is 12.1 Å². The zero-order valence-electron chi connectivity index (χ0n) is 22.5. The number of ether oxygens (including phenoxy) is 5. The highest BCUT2D eigenvalue weighted by atomic mass is 16.8. The molecule has 2 fully saturated rings. The maximum Gasteiger partial charge on any atom is 0.229 e. The number of rotatable bonds is 6. The molecule has 2 saturated heterocycles. The summed E-state index contributed by atoms with van der Waals surface area (Å²) in [6, 6.07) is 8.50. The van der Waals surface area contributed by atoms with Crippen LogP contribution >= 0.6 is 0 Å². The van der Waals surface area contributed by atoms with Crippen molar-refractivity contribution in [1.82, 2.24) is 6.15 Å². The molecule has 15 heteroatoms. The largest absolute Gasteiger partial charge is 0.508 e. The van der Waals surface area contributed by atoms with Crippen molar-refractivity contribution in [3.05, 3.63) is 47.5 Å². The molecule has 42 heavy (non-hydrogen) atoms. The molecule has 11 N–H and O–H groups in total. The van der Waals surface area contributed by atoms with E-state index in [1.807, 2.05) is 0 Å². The minimum Gasteiger partial charge on any atom is -0.508 e. The number of phenols is 2. The molecule has 11 atom stereocenters. The Kier molecular flexibility index (Phi) is 9.58. The number of aromatic hydroxyl groups is 2. The lowest BCUT2D eigenvalue weighted by Crippen LogP contribution is -2.64. The van der Waals surface area contributed by atoms with Gasteiger partial charge in [0.15, 0.2) is 18.2 Å². The van der Waals surface area contributed by atoms with Gasteiger partial charge in [-0.3, -0.25) is 4.79 Å². The number of hydrogen-bond donors (Lipinski definition) is 9. The molecule has 2 aromatic rings. The van der Waals surface area contributed by atoms with Crippen LogP contribution in [0.15, 0.2) is 36.4 Å². The van der Waals surface area contributed by atoms with Gasteiger partial charge in [-0.15, -0.1) is 0 Å². The number of carbonyl (C=O) groups excluding carboxylic acids is 1. The number of benzene rings is 2. The number of ketones is 1. The van der Waals surface area contributed by atoms with Gasteiger partial charge < -0.3 is 70.7 Å². The molecule has 0 saturated carbocycles. The number of carbonyl (C=O) groups is 1. The second kappa shape index (κ2) is 12.6. The number of phenolic OH excluding ortho intramolecular Hbond substituents is 2. The van der Waals surface area contributed by atoms with Gasteiger partial charge in [0.05, 0.1) is 19.1 Å². The van der Waals surface area contributed by atoms with Crippen LogP contribution in [0.3, 0.4) is 0 Å². The number of aliphatic hydroxyl groups excluding tert-OH is 6. The summed E-state index contributed by atoms with van der Waals surface area (Å²) in [6.07, 6.45) is -16.0. The fraction of sp³-hybridized carbons (Fsp3) is 0.519. The fourth-order valence-corrected chi connectivity index (χ4v) is 5.07. The van der Waals surface area contributed by atoms with Crippen molar-refractivity contribution in [3.63, 3.8) is 0 Å². The van der Waals surface area contributed by atoms with E-state index in [2.05, 4.69) is 0 Å². The van der Waals surface area contributed by atoms with Gasteiger partial charge >= 0.3 is 0 Å². The van der Waals surface area contributed by atoms with Crippen LogP contribution in [0.2, 0.25) is 0 Å². The first-order valence-corrected chi connectivity index (χ1v) is 13.0. The highest BCUT2D eigenvalue weighted by molar-refractivity contribution is 6.02. The topological polar surface area (TPSA) is 260 Å². The second-order valence-corrected chi connectivity index (χ2v) is 10.2. The summed E-state index contributed by atoms with van der Waals surface area (Å²) < 4.78 is 28.6. The Bertz CT molecular complexity index is 1240. The van der Waals surface area contributed by atoms with E-state index in [-0.39, 0.29) is 35.4 Å². The third-order valence-corrected chi connectivity index (χ3v) is 7.42. The summed E-state index contributed by atoms with van der Waals surface area (Å²) in [5.74, 6) is -0.947. The summed E-state index contributed by atoms with van der Waals surface area (Å²) in [4.78, 5) is 12.9. The normalized spacial score (nSPS) is 36.4. The van der Waals surface area contributed by atoms with Crippen molar-refractivity contribution in [2.75, 3.05) is 6.61 Å². The molecule has 0 spiro atoms. The van der Waals surface area contributed by atoms with Crippen LogP contribution in [-0.2, 0) is 14.2 Å². The third kappa shape index (κ3) is 6.02. The molecule has 2 aromatic carbocycles. The van der Waals surface area contributed by atoms with Gasteiger partial charge in [0.1, 0.15) is 71.3 Å². The quantitative estimate of drug-likeness (QED) is 0.193. The van der Waals surface area contributed by atoms with Gasteiger partial charge in [0.2, 0.25) is 6.29 Å². The molecule has 5 rings (SSSR count). The Hall–Kier alpha value is -3.09. The van der Waals surface area contributed by atoms with Gasteiger partial charge in [-0.05, 0) is 24.6 Å². The molecule has 15 nitrogen and oxygen atoms in total. The highest BCUT2D eigenvalue weighted by Crippen LogP contribution is 2.43. The second-order valence-electron chi connectivity index (χ2n) is 10.2. The van der Waals surface area contributed by atoms with Gasteiger partial charge in [0.25, 0.3) is 0 Å². The maximum absolute atomic E-state index is 12.9. The van der Waals surface area contributed by atoms with Crippen LogP contribution in [0.1, 0.15) is 35.4 Å². The van der Waals surface area contributed by atoms with E-state index in [4.69, 9.17) is 23.7 Å². The zero-order valence-corrected chi connectivity index (χ0v) is 22.5. The van der Waals surface area contributed by atoms with Gasteiger partial charge in [-0.2, -0.15) is 0 Å². The van der Waals surface area contributed by atoms with E-state index in [1.54, 1.807) is 12.1 Å². The molecule has 0 aromatic heterocycles. The first kappa shape index (κ1) is 31.8. The van der Waals surface area contributed by atoms with Crippen molar-refractivity contribution >= 4 is 5.78 Å². The smallest absolute Gasteiger partial charge is 0.229 e. The van der Waals surface area contributed by atoms with Crippen molar-refractivity contribution < 1.29 is 69.3 Å². The minimum atomic E-state index is -1.75. The average Bonchev–Trinajstić information content (AvgIpc) is 2.94. The average molecular weight is 598 g/mol. The molecule has 0 aliphatic carbocycles. The van der Waals surface area contributed by atoms with E-state index in [0.717, 1.165) is 6.07 Å². The van der Waals surface area contributed by atoms with Crippen molar-refractivity contribution in [2.24, 2.45) is 0 Å². The molecular weight excluding hydrogens is 562 g/mol. The van der Waals surface area contributed by atoms with Crippen LogP contribution in [-0.4, -0.2) is 115 Å². The number of fused-ring (bicyclic) bond motifs is 1. The van der Waals surface area contributed by atoms with Crippen LogP contribution < -0.4 is 15.6 Å². The molecule has 232 valence electrons. The molecule has 0 bridgehead atoms. The number of Topliss-reactive ketones (excluding diaryl/α,β-unsaturated/α-hetero) is 1. The Morgan fingerprint density at radius 1 is 0.881 bits per heavy atom. The first-order valence-electron chi connectivity index (χ1n) is 13.0. The lowest BCUT2D eigenvalue weighted by molar-refractivity contribution is -0.354. The predicted molar refractivity (Wildman–Crippen MR) is 139 cm³/mol. The number of hydrogen-bond acceptors (Lipinski definition) is 15.